The molecule has 3 N–H and O–H groups in total. The highest BCUT2D eigenvalue weighted by Gasteiger charge is 2.25. The number of guanidine groups is 1. The molecule has 1 unspecified atom stereocenters. The van der Waals surface area contributed by atoms with E-state index in [1.807, 2.05) is 32.3 Å². The van der Waals surface area contributed by atoms with Crippen molar-refractivity contribution in [2.75, 3.05) is 13.1 Å². The Labute approximate surface area is 202 Å². The average Bonchev–Trinajstić information content (AvgIpc) is 3.19. The molecule has 31 heavy (non-hydrogen) atoms. The number of halogens is 1. The molecule has 172 valence electrons. The van der Waals surface area contributed by atoms with Gasteiger partial charge in [-0.3, -0.25) is 4.68 Å². The van der Waals surface area contributed by atoms with Crippen molar-refractivity contribution in [1.82, 2.24) is 20.4 Å². The van der Waals surface area contributed by atoms with Crippen LogP contribution in [0.3, 0.4) is 0 Å². The highest BCUT2D eigenvalue weighted by Crippen LogP contribution is 2.23. The maximum Gasteiger partial charge on any atom is 0.191 e. The molecular weight excluding hydrogens is 505 g/mol. The van der Waals surface area contributed by atoms with E-state index in [9.17, 15) is 5.11 Å². The first-order valence-corrected chi connectivity index (χ1v) is 11.0. The van der Waals surface area contributed by atoms with Crippen LogP contribution in [0.5, 0.6) is 5.75 Å². The number of hydrogen-bond donors (Lipinski definition) is 3. The van der Waals surface area contributed by atoms with Gasteiger partial charge in [-0.1, -0.05) is 18.6 Å². The molecule has 3 rings (SSSR count). The summed E-state index contributed by atoms with van der Waals surface area (Å²) in [6, 6.07) is 8.20. The minimum absolute atomic E-state index is 0. The standard InChI is InChI=1S/C23H35N5O2.HI/c1-4-24-22(26-17-23(2,29)19-15-27-28(3)16-19)25-14-18-10-12-21(13-11-18)30-20-8-6-5-7-9-20;/h10-13,15-16,20,29H,4-9,14,17H2,1-3H3,(H2,24,25,26);1H. The van der Waals surface area contributed by atoms with Gasteiger partial charge in [-0.15, -0.1) is 24.0 Å². The zero-order chi connectivity index (χ0) is 21.4. The van der Waals surface area contributed by atoms with E-state index < -0.39 is 5.60 Å². The number of aryl methyl sites for hydroxylation is 1. The zero-order valence-corrected chi connectivity index (χ0v) is 21.1. The van der Waals surface area contributed by atoms with E-state index in [1.54, 1.807) is 17.8 Å². The predicted octanol–water partition coefficient (Wildman–Crippen LogP) is 3.71. The summed E-state index contributed by atoms with van der Waals surface area (Å²) >= 11 is 0. The lowest BCUT2D eigenvalue weighted by atomic mass is 9.98. The van der Waals surface area contributed by atoms with Gasteiger partial charge >= 0.3 is 0 Å². The minimum Gasteiger partial charge on any atom is -0.490 e. The van der Waals surface area contributed by atoms with Gasteiger partial charge in [0.15, 0.2) is 5.96 Å². The summed E-state index contributed by atoms with van der Waals surface area (Å²) in [5.41, 5.74) is 0.840. The molecule has 0 bridgehead atoms. The van der Waals surface area contributed by atoms with Gasteiger partial charge < -0.3 is 20.5 Å². The van der Waals surface area contributed by atoms with Crippen molar-refractivity contribution in [3.63, 3.8) is 0 Å². The smallest absolute Gasteiger partial charge is 0.191 e. The van der Waals surface area contributed by atoms with Gasteiger partial charge in [-0.2, -0.15) is 5.10 Å². The lowest BCUT2D eigenvalue weighted by Gasteiger charge is -2.24. The number of aliphatic hydroxyl groups is 1. The number of rotatable bonds is 8. The van der Waals surface area contributed by atoms with Crippen LogP contribution in [0, 0.1) is 0 Å². The van der Waals surface area contributed by atoms with E-state index in [0.29, 0.717) is 25.2 Å². The number of hydrogen-bond acceptors (Lipinski definition) is 4. The van der Waals surface area contributed by atoms with E-state index >= 15 is 0 Å². The normalized spacial score (nSPS) is 16.8. The van der Waals surface area contributed by atoms with Crippen molar-refractivity contribution >= 4 is 29.9 Å². The Bertz CT molecular complexity index is 814. The quantitative estimate of drug-likeness (QED) is 0.270. The summed E-state index contributed by atoms with van der Waals surface area (Å²) in [5, 5.41) is 21.4. The molecule has 1 fully saturated rings. The molecule has 1 heterocycles. The van der Waals surface area contributed by atoms with E-state index in [1.165, 1.54) is 19.3 Å². The van der Waals surface area contributed by atoms with Crippen molar-refractivity contribution in [1.29, 1.82) is 0 Å². The fraction of sp³-hybridized carbons (Fsp3) is 0.565. The SMILES string of the molecule is CCNC(=NCc1ccc(OC2CCCCC2)cc1)NCC(C)(O)c1cnn(C)c1.I. The molecule has 1 atom stereocenters. The summed E-state index contributed by atoms with van der Waals surface area (Å²) in [4.78, 5) is 4.65. The van der Waals surface area contributed by atoms with Gasteiger partial charge in [-0.25, -0.2) is 4.99 Å². The van der Waals surface area contributed by atoms with Crippen LogP contribution in [0.1, 0.15) is 57.1 Å². The topological polar surface area (TPSA) is 83.7 Å². The highest BCUT2D eigenvalue weighted by molar-refractivity contribution is 14.0. The van der Waals surface area contributed by atoms with Crippen molar-refractivity contribution < 1.29 is 9.84 Å². The zero-order valence-electron chi connectivity index (χ0n) is 18.8. The molecule has 0 spiro atoms. The highest BCUT2D eigenvalue weighted by atomic mass is 127. The van der Waals surface area contributed by atoms with Crippen LogP contribution in [0.4, 0.5) is 0 Å². The molecule has 1 aromatic heterocycles. The largest absolute Gasteiger partial charge is 0.490 e. The molecule has 1 aromatic carbocycles. The molecule has 0 aliphatic heterocycles. The molecule has 2 aromatic rings. The summed E-state index contributed by atoms with van der Waals surface area (Å²) in [6.45, 7) is 5.42. The average molecular weight is 541 g/mol. The fourth-order valence-electron chi connectivity index (χ4n) is 3.62. The maximum absolute atomic E-state index is 10.8. The molecule has 8 heteroatoms. The Hall–Kier alpha value is -1.81. The van der Waals surface area contributed by atoms with E-state index in [2.05, 4.69) is 32.9 Å². The van der Waals surface area contributed by atoms with Crippen molar-refractivity contribution in [2.45, 2.75) is 64.2 Å². The minimum atomic E-state index is -1.04. The first-order chi connectivity index (χ1) is 14.5. The van der Waals surface area contributed by atoms with Gasteiger partial charge in [0.2, 0.25) is 0 Å². The van der Waals surface area contributed by atoms with Crippen LogP contribution in [0.2, 0.25) is 0 Å². The lowest BCUT2D eigenvalue weighted by molar-refractivity contribution is 0.0616. The van der Waals surface area contributed by atoms with Crippen LogP contribution in [0.25, 0.3) is 0 Å². The maximum atomic E-state index is 10.8. The number of benzene rings is 1. The second kappa shape index (κ2) is 12.3. The second-order valence-corrected chi connectivity index (χ2v) is 8.25. The van der Waals surface area contributed by atoms with Gasteiger partial charge in [0, 0.05) is 25.4 Å². The van der Waals surface area contributed by atoms with E-state index in [-0.39, 0.29) is 24.0 Å². The summed E-state index contributed by atoms with van der Waals surface area (Å²) in [7, 11) is 1.84. The molecule has 1 saturated carbocycles. The fourth-order valence-corrected chi connectivity index (χ4v) is 3.62. The van der Waals surface area contributed by atoms with Crippen LogP contribution in [0.15, 0.2) is 41.7 Å². The van der Waals surface area contributed by atoms with Crippen LogP contribution in [-0.4, -0.2) is 40.0 Å². The molecule has 1 aliphatic carbocycles. The number of nitrogens with one attached hydrogen (secondary N) is 2. The third kappa shape index (κ3) is 7.99. The number of ether oxygens (including phenoxy) is 1. The Kier molecular flexibility index (Phi) is 10.1. The lowest BCUT2D eigenvalue weighted by Crippen LogP contribution is -2.44. The number of aliphatic imine (C=N–C) groups is 1. The summed E-state index contributed by atoms with van der Waals surface area (Å²) < 4.78 is 7.78. The summed E-state index contributed by atoms with van der Waals surface area (Å²) in [6.07, 6.45) is 10.1. The van der Waals surface area contributed by atoms with Crippen molar-refractivity contribution in [3.8, 4) is 5.75 Å². The Balaban J connectivity index is 0.00000341. The van der Waals surface area contributed by atoms with Crippen molar-refractivity contribution in [3.05, 3.63) is 47.8 Å². The van der Waals surface area contributed by atoms with Crippen LogP contribution < -0.4 is 15.4 Å². The summed E-state index contributed by atoms with van der Waals surface area (Å²) in [5.74, 6) is 1.61. The number of aromatic nitrogens is 2. The molecule has 0 radical (unpaired) electrons. The van der Waals surface area contributed by atoms with Gasteiger partial charge in [-0.05, 0) is 57.2 Å². The monoisotopic (exact) mass is 541 g/mol. The Morgan fingerprint density at radius 3 is 2.55 bits per heavy atom. The van der Waals surface area contributed by atoms with Crippen LogP contribution in [-0.2, 0) is 19.2 Å². The van der Waals surface area contributed by atoms with Gasteiger partial charge in [0.1, 0.15) is 11.4 Å². The van der Waals surface area contributed by atoms with Crippen LogP contribution >= 0.6 is 24.0 Å². The molecule has 7 nitrogen and oxygen atoms in total. The first kappa shape index (κ1) is 25.5. The Morgan fingerprint density at radius 2 is 1.94 bits per heavy atom. The third-order valence-electron chi connectivity index (χ3n) is 5.47. The molecule has 0 amide bonds. The molecule has 0 saturated heterocycles. The van der Waals surface area contributed by atoms with Crippen molar-refractivity contribution in [2.24, 2.45) is 12.0 Å². The second-order valence-electron chi connectivity index (χ2n) is 8.25. The van der Waals surface area contributed by atoms with Gasteiger partial charge in [0.25, 0.3) is 0 Å². The third-order valence-corrected chi connectivity index (χ3v) is 5.47. The number of nitrogens with zero attached hydrogens (tertiary/aromatic N) is 3. The Morgan fingerprint density at radius 1 is 1.23 bits per heavy atom. The van der Waals surface area contributed by atoms with E-state index in [4.69, 9.17) is 4.74 Å². The predicted molar refractivity (Wildman–Crippen MR) is 135 cm³/mol. The van der Waals surface area contributed by atoms with E-state index in [0.717, 1.165) is 36.3 Å². The van der Waals surface area contributed by atoms with Gasteiger partial charge in [0.05, 0.1) is 25.4 Å². The molecule has 1 aliphatic rings. The first-order valence-electron chi connectivity index (χ1n) is 11.0. The molecular formula is C23H36IN5O2.